The molecule has 0 aliphatic carbocycles. The van der Waals surface area contributed by atoms with Gasteiger partial charge in [-0.2, -0.15) is 0 Å². The van der Waals surface area contributed by atoms with Gasteiger partial charge in [-0.3, -0.25) is 0 Å². The highest BCUT2D eigenvalue weighted by Gasteiger charge is 2.14. The second kappa shape index (κ2) is 8.64. The summed E-state index contributed by atoms with van der Waals surface area (Å²) in [5.74, 6) is -0.919. The van der Waals surface area contributed by atoms with Gasteiger partial charge in [0.15, 0.2) is 0 Å². The van der Waals surface area contributed by atoms with E-state index in [1.807, 2.05) is 0 Å². The molecule has 0 spiro atoms. The lowest BCUT2D eigenvalue weighted by molar-refractivity contribution is 0.439. The van der Waals surface area contributed by atoms with Gasteiger partial charge in [0.1, 0.15) is 11.6 Å². The molecule has 0 aromatic heterocycles. The van der Waals surface area contributed by atoms with Crippen LogP contribution < -0.4 is 5.32 Å². The minimum atomic E-state index is -0.467. The average molecular weight is 334 g/mol. The summed E-state index contributed by atoms with van der Waals surface area (Å²) in [7, 11) is 0. The highest BCUT2D eigenvalue weighted by atomic mass is 79.9. The summed E-state index contributed by atoms with van der Waals surface area (Å²) < 4.78 is 27.8. The maximum atomic E-state index is 13.8. The fourth-order valence-electron chi connectivity index (χ4n) is 2.16. The Morgan fingerprint density at radius 2 is 1.89 bits per heavy atom. The van der Waals surface area contributed by atoms with Gasteiger partial charge in [0.25, 0.3) is 0 Å². The molecule has 19 heavy (non-hydrogen) atoms. The smallest absolute Gasteiger partial charge is 0.143 e. The zero-order valence-corrected chi connectivity index (χ0v) is 13.2. The Labute approximate surface area is 122 Å². The summed E-state index contributed by atoms with van der Waals surface area (Å²) in [4.78, 5) is 0. The molecule has 1 aromatic carbocycles. The monoisotopic (exact) mass is 333 g/mol. The van der Waals surface area contributed by atoms with Crippen molar-refractivity contribution in [3.05, 3.63) is 33.8 Å². The molecule has 0 radical (unpaired) electrons. The molecule has 0 amide bonds. The molecule has 0 fully saturated rings. The normalized spacial score (nSPS) is 12.7. The maximum Gasteiger partial charge on any atom is 0.143 e. The average Bonchev–Trinajstić information content (AvgIpc) is 2.40. The Hall–Kier alpha value is -0.480. The molecule has 1 rings (SSSR count). The van der Waals surface area contributed by atoms with Gasteiger partial charge in [0.05, 0.1) is 4.47 Å². The number of benzene rings is 1. The van der Waals surface area contributed by atoms with Gasteiger partial charge < -0.3 is 5.32 Å². The van der Waals surface area contributed by atoms with Crippen LogP contribution in [0.1, 0.15) is 45.1 Å². The maximum absolute atomic E-state index is 13.8. The Morgan fingerprint density at radius 3 is 2.53 bits per heavy atom. The zero-order valence-electron chi connectivity index (χ0n) is 11.6. The first kappa shape index (κ1) is 16.6. The summed E-state index contributed by atoms with van der Waals surface area (Å²) >= 11 is 3.10. The molecule has 1 unspecified atom stereocenters. The molecule has 108 valence electrons. The van der Waals surface area contributed by atoms with Gasteiger partial charge in [-0.15, -0.1) is 0 Å². The molecule has 0 aliphatic rings. The third-order valence-electron chi connectivity index (χ3n) is 3.20. The molecular weight excluding hydrogens is 312 g/mol. The van der Waals surface area contributed by atoms with Gasteiger partial charge in [-0.05, 0) is 60.3 Å². The lowest BCUT2D eigenvalue weighted by Gasteiger charge is -2.18. The van der Waals surface area contributed by atoms with Gasteiger partial charge in [0.2, 0.25) is 0 Å². The van der Waals surface area contributed by atoms with Gasteiger partial charge in [-0.1, -0.05) is 20.3 Å². The molecule has 1 N–H and O–H groups in total. The third-order valence-corrected chi connectivity index (χ3v) is 3.81. The van der Waals surface area contributed by atoms with E-state index in [1.54, 1.807) is 0 Å². The van der Waals surface area contributed by atoms with Crippen LogP contribution in [-0.4, -0.2) is 12.6 Å². The molecule has 0 bridgehead atoms. The Balaban J connectivity index is 2.65. The van der Waals surface area contributed by atoms with E-state index in [2.05, 4.69) is 35.1 Å². The van der Waals surface area contributed by atoms with Gasteiger partial charge in [-0.25, -0.2) is 8.78 Å². The Kier molecular flexibility index (Phi) is 7.54. The van der Waals surface area contributed by atoms with E-state index >= 15 is 0 Å². The fraction of sp³-hybridized carbons (Fsp3) is 0.600. The SMILES string of the molecule is CCCNC(CCC)CCc1c(F)ccc(Br)c1F. The van der Waals surface area contributed by atoms with E-state index in [-0.39, 0.29) is 5.56 Å². The highest BCUT2D eigenvalue weighted by Crippen LogP contribution is 2.23. The first-order chi connectivity index (χ1) is 9.10. The van der Waals surface area contributed by atoms with Crippen molar-refractivity contribution >= 4 is 15.9 Å². The summed E-state index contributed by atoms with van der Waals surface area (Å²) in [6, 6.07) is 3.06. The van der Waals surface area contributed by atoms with Gasteiger partial charge in [0, 0.05) is 11.6 Å². The molecule has 1 nitrogen and oxygen atoms in total. The quantitative estimate of drug-likeness (QED) is 0.672. The van der Waals surface area contributed by atoms with Crippen molar-refractivity contribution in [3.63, 3.8) is 0 Å². The van der Waals surface area contributed by atoms with E-state index in [4.69, 9.17) is 0 Å². The highest BCUT2D eigenvalue weighted by molar-refractivity contribution is 9.10. The molecule has 0 saturated carbocycles. The lowest BCUT2D eigenvalue weighted by atomic mass is 10.0. The number of halogens is 3. The van der Waals surface area contributed by atoms with Crippen LogP contribution in [-0.2, 0) is 6.42 Å². The molecule has 4 heteroatoms. The number of nitrogens with one attached hydrogen (secondary N) is 1. The first-order valence-corrected chi connectivity index (χ1v) is 7.75. The van der Waals surface area contributed by atoms with Crippen molar-refractivity contribution in [3.8, 4) is 0 Å². The van der Waals surface area contributed by atoms with Crippen molar-refractivity contribution in [1.29, 1.82) is 0 Å². The molecule has 0 saturated heterocycles. The van der Waals surface area contributed by atoms with Crippen LogP contribution in [0.4, 0.5) is 8.78 Å². The predicted molar refractivity (Wildman–Crippen MR) is 79.4 cm³/mol. The van der Waals surface area contributed by atoms with Crippen LogP contribution in [0, 0.1) is 11.6 Å². The number of rotatable bonds is 8. The summed E-state index contributed by atoms with van der Waals surface area (Å²) in [6.45, 7) is 5.19. The molecule has 1 atom stereocenters. The first-order valence-electron chi connectivity index (χ1n) is 6.95. The van der Waals surface area contributed by atoms with Crippen molar-refractivity contribution < 1.29 is 8.78 Å². The predicted octanol–water partition coefficient (Wildman–Crippen LogP) is 4.83. The Morgan fingerprint density at radius 1 is 1.16 bits per heavy atom. The molecule has 1 aromatic rings. The zero-order chi connectivity index (χ0) is 14.3. The largest absolute Gasteiger partial charge is 0.314 e. The van der Waals surface area contributed by atoms with Crippen LogP contribution in [0.25, 0.3) is 0 Å². The second-order valence-electron chi connectivity index (χ2n) is 4.80. The van der Waals surface area contributed by atoms with Crippen LogP contribution >= 0.6 is 15.9 Å². The minimum Gasteiger partial charge on any atom is -0.314 e. The number of hydrogen-bond donors (Lipinski definition) is 1. The van der Waals surface area contributed by atoms with Crippen LogP contribution in [0.2, 0.25) is 0 Å². The summed E-state index contributed by atoms with van der Waals surface area (Å²) in [5, 5.41) is 3.44. The van der Waals surface area contributed by atoms with E-state index in [1.165, 1.54) is 12.1 Å². The molecule has 0 heterocycles. The van der Waals surface area contributed by atoms with E-state index in [9.17, 15) is 8.78 Å². The van der Waals surface area contributed by atoms with Crippen molar-refractivity contribution in [2.75, 3.05) is 6.54 Å². The standard InChI is InChI=1S/C15H22BrF2N/c1-3-5-11(19-10-4-2)6-7-12-14(17)9-8-13(16)15(12)18/h8-9,11,19H,3-7,10H2,1-2H3. The summed E-state index contributed by atoms with van der Waals surface area (Å²) in [5.41, 5.74) is 0.189. The molecular formula is C15H22BrF2N. The van der Waals surface area contributed by atoms with Crippen molar-refractivity contribution in [2.45, 2.75) is 52.0 Å². The summed E-state index contributed by atoms with van der Waals surface area (Å²) in [6.07, 6.45) is 4.37. The fourth-order valence-corrected chi connectivity index (χ4v) is 2.53. The van der Waals surface area contributed by atoms with E-state index in [0.717, 1.165) is 32.2 Å². The minimum absolute atomic E-state index is 0.189. The number of hydrogen-bond acceptors (Lipinski definition) is 1. The Bertz CT molecular complexity index is 396. The van der Waals surface area contributed by atoms with E-state index in [0.29, 0.717) is 16.9 Å². The van der Waals surface area contributed by atoms with Crippen LogP contribution in [0.5, 0.6) is 0 Å². The molecule has 0 aliphatic heterocycles. The second-order valence-corrected chi connectivity index (χ2v) is 5.65. The topological polar surface area (TPSA) is 12.0 Å². The van der Waals surface area contributed by atoms with E-state index < -0.39 is 11.6 Å². The lowest BCUT2D eigenvalue weighted by Crippen LogP contribution is -2.30. The van der Waals surface area contributed by atoms with Gasteiger partial charge >= 0.3 is 0 Å². The third kappa shape index (κ3) is 5.19. The van der Waals surface area contributed by atoms with Crippen molar-refractivity contribution in [1.82, 2.24) is 5.32 Å². The van der Waals surface area contributed by atoms with Crippen LogP contribution in [0.3, 0.4) is 0 Å². The van der Waals surface area contributed by atoms with Crippen LogP contribution in [0.15, 0.2) is 16.6 Å². The van der Waals surface area contributed by atoms with Crippen molar-refractivity contribution in [2.24, 2.45) is 0 Å².